The van der Waals surface area contributed by atoms with E-state index in [4.69, 9.17) is 9.47 Å². The van der Waals surface area contributed by atoms with Crippen LogP contribution in [0.25, 0.3) is 10.9 Å². The van der Waals surface area contributed by atoms with Crippen molar-refractivity contribution in [3.63, 3.8) is 0 Å². The Bertz CT molecular complexity index is 1010. The second-order valence-corrected chi connectivity index (χ2v) is 8.30. The predicted molar refractivity (Wildman–Crippen MR) is 94.3 cm³/mol. The third-order valence-corrected chi connectivity index (χ3v) is 6.01. The van der Waals surface area contributed by atoms with E-state index < -0.39 is 27.3 Å². The van der Waals surface area contributed by atoms with E-state index in [2.05, 4.69) is 10.3 Å². The number of rotatable bonds is 5. The molecule has 3 rings (SSSR count). The number of carbonyl (C=O) groups is 1. The molecule has 1 fully saturated rings. The third-order valence-electron chi connectivity index (χ3n) is 4.24. The highest BCUT2D eigenvalue weighted by atomic mass is 32.2. The first-order valence-corrected chi connectivity index (χ1v) is 9.76. The van der Waals surface area contributed by atoms with Gasteiger partial charge in [-0.2, -0.15) is 0 Å². The number of sulfone groups is 1. The summed E-state index contributed by atoms with van der Waals surface area (Å²) in [4.78, 5) is 29.0. The average Bonchev–Trinajstić information content (AvgIpc) is 2.94. The molecule has 1 amide bonds. The van der Waals surface area contributed by atoms with E-state index in [1.54, 1.807) is 6.07 Å². The number of benzene rings is 1. The van der Waals surface area contributed by atoms with Gasteiger partial charge in [-0.3, -0.25) is 14.2 Å². The van der Waals surface area contributed by atoms with E-state index in [1.807, 2.05) is 0 Å². The summed E-state index contributed by atoms with van der Waals surface area (Å²) in [7, 11) is -0.142. The zero-order chi connectivity index (χ0) is 18.9. The number of nitrogens with zero attached hydrogens (tertiary/aromatic N) is 2. The molecule has 2 aromatic rings. The maximum absolute atomic E-state index is 12.6. The Morgan fingerprint density at radius 1 is 1.31 bits per heavy atom. The summed E-state index contributed by atoms with van der Waals surface area (Å²) >= 11 is 0. The third kappa shape index (κ3) is 3.64. The van der Waals surface area contributed by atoms with Crippen LogP contribution in [0.5, 0.6) is 11.5 Å². The fraction of sp³-hybridized carbons (Fsp3) is 0.438. The summed E-state index contributed by atoms with van der Waals surface area (Å²) in [6.45, 7) is -0.243. The number of nitrogens with one attached hydrogen (secondary N) is 1. The Balaban J connectivity index is 1.83. The number of ether oxygens (including phenoxy) is 2. The largest absolute Gasteiger partial charge is 0.493 e. The number of hydrogen-bond donors (Lipinski definition) is 1. The van der Waals surface area contributed by atoms with Gasteiger partial charge >= 0.3 is 0 Å². The summed E-state index contributed by atoms with van der Waals surface area (Å²) < 4.78 is 34.5. The molecule has 0 bridgehead atoms. The molecule has 1 saturated heterocycles. The van der Waals surface area contributed by atoms with Gasteiger partial charge in [0.05, 0.1) is 43.0 Å². The minimum atomic E-state index is -3.09. The van der Waals surface area contributed by atoms with Crippen LogP contribution in [0.2, 0.25) is 0 Å². The fourth-order valence-corrected chi connectivity index (χ4v) is 4.61. The number of hydrogen-bond acceptors (Lipinski definition) is 7. The lowest BCUT2D eigenvalue weighted by molar-refractivity contribution is -0.122. The topological polar surface area (TPSA) is 117 Å². The molecule has 1 N–H and O–H groups in total. The standard InChI is InChI=1S/C16H19N3O6S/c1-24-13-5-11-12(6-14(13)25-2)17-9-19(16(11)21)7-15(20)18-10-3-4-26(22,23)8-10/h5-6,9-10H,3-4,7-8H2,1-2H3,(H,18,20)/t10-/m0/s1. The molecule has 140 valence electrons. The van der Waals surface area contributed by atoms with Gasteiger partial charge in [0.1, 0.15) is 6.54 Å². The SMILES string of the molecule is COc1cc2ncn(CC(=O)N[C@H]3CCS(=O)(=O)C3)c(=O)c2cc1OC. The second kappa shape index (κ2) is 6.94. The molecule has 0 spiro atoms. The summed E-state index contributed by atoms with van der Waals surface area (Å²) in [6.07, 6.45) is 1.66. The van der Waals surface area contributed by atoms with Gasteiger partial charge in [-0.1, -0.05) is 0 Å². The molecule has 1 aromatic carbocycles. The molecule has 1 aliphatic rings. The quantitative estimate of drug-likeness (QED) is 0.757. The number of fused-ring (bicyclic) bond motifs is 1. The lowest BCUT2D eigenvalue weighted by Gasteiger charge is -2.13. The molecule has 9 nitrogen and oxygen atoms in total. The lowest BCUT2D eigenvalue weighted by atomic mass is 10.2. The monoisotopic (exact) mass is 381 g/mol. The van der Waals surface area contributed by atoms with Crippen molar-refractivity contribution in [3.8, 4) is 11.5 Å². The lowest BCUT2D eigenvalue weighted by Crippen LogP contribution is -2.39. The van der Waals surface area contributed by atoms with Gasteiger partial charge in [-0.05, 0) is 12.5 Å². The number of aromatic nitrogens is 2. The summed E-state index contributed by atoms with van der Waals surface area (Å²) in [6, 6.07) is 2.69. The molecule has 10 heteroatoms. The van der Waals surface area contributed by atoms with Gasteiger partial charge in [0.25, 0.3) is 5.56 Å². The minimum absolute atomic E-state index is 0.0665. The van der Waals surface area contributed by atoms with E-state index >= 15 is 0 Å². The first-order chi connectivity index (χ1) is 12.3. The molecular formula is C16H19N3O6S. The van der Waals surface area contributed by atoms with Crippen molar-refractivity contribution < 1.29 is 22.7 Å². The molecular weight excluding hydrogens is 362 g/mol. The van der Waals surface area contributed by atoms with Crippen molar-refractivity contribution in [1.82, 2.24) is 14.9 Å². The Kier molecular flexibility index (Phi) is 4.86. The first kappa shape index (κ1) is 18.2. The smallest absolute Gasteiger partial charge is 0.261 e. The number of carbonyl (C=O) groups excluding carboxylic acids is 1. The van der Waals surface area contributed by atoms with Gasteiger partial charge in [-0.25, -0.2) is 13.4 Å². The van der Waals surface area contributed by atoms with Crippen LogP contribution in [0.1, 0.15) is 6.42 Å². The summed E-state index contributed by atoms with van der Waals surface area (Å²) in [5.41, 5.74) is 0.0244. The van der Waals surface area contributed by atoms with Crippen LogP contribution >= 0.6 is 0 Å². The van der Waals surface area contributed by atoms with Crippen LogP contribution < -0.4 is 20.3 Å². The van der Waals surface area contributed by atoms with Crippen LogP contribution in [0, 0.1) is 0 Å². The molecule has 0 unspecified atom stereocenters. The average molecular weight is 381 g/mol. The number of methoxy groups -OCH3 is 2. The maximum Gasteiger partial charge on any atom is 0.261 e. The van der Waals surface area contributed by atoms with Crippen LogP contribution in [0.3, 0.4) is 0 Å². The maximum atomic E-state index is 12.6. The van der Waals surface area contributed by atoms with E-state index in [-0.39, 0.29) is 18.1 Å². The Hall–Kier alpha value is -2.62. The van der Waals surface area contributed by atoms with Crippen molar-refractivity contribution in [2.75, 3.05) is 25.7 Å². The first-order valence-electron chi connectivity index (χ1n) is 7.94. The van der Waals surface area contributed by atoms with Crippen molar-refractivity contribution in [3.05, 3.63) is 28.8 Å². The highest BCUT2D eigenvalue weighted by molar-refractivity contribution is 7.91. The Morgan fingerprint density at radius 2 is 2.00 bits per heavy atom. The van der Waals surface area contributed by atoms with Gasteiger partial charge in [0.2, 0.25) is 5.91 Å². The molecule has 0 saturated carbocycles. The summed E-state index contributed by atoms with van der Waals surface area (Å²) in [5, 5.41) is 2.94. The fourth-order valence-electron chi connectivity index (χ4n) is 2.93. The van der Waals surface area contributed by atoms with E-state index in [0.29, 0.717) is 28.8 Å². The highest BCUT2D eigenvalue weighted by Crippen LogP contribution is 2.29. The number of amides is 1. The van der Waals surface area contributed by atoms with Crippen LogP contribution in [0.15, 0.2) is 23.3 Å². The van der Waals surface area contributed by atoms with Crippen LogP contribution in [0.4, 0.5) is 0 Å². The zero-order valence-electron chi connectivity index (χ0n) is 14.4. The molecule has 1 atom stereocenters. The van der Waals surface area contributed by atoms with Gasteiger partial charge < -0.3 is 14.8 Å². The molecule has 1 aliphatic heterocycles. The predicted octanol–water partition coefficient (Wildman–Crippen LogP) is -0.283. The van der Waals surface area contributed by atoms with E-state index in [9.17, 15) is 18.0 Å². The highest BCUT2D eigenvalue weighted by Gasteiger charge is 2.29. The molecule has 0 aliphatic carbocycles. The van der Waals surface area contributed by atoms with Crippen molar-refractivity contribution >= 4 is 26.6 Å². The zero-order valence-corrected chi connectivity index (χ0v) is 15.2. The Morgan fingerprint density at radius 3 is 2.62 bits per heavy atom. The molecule has 0 radical (unpaired) electrons. The van der Waals surface area contributed by atoms with Crippen molar-refractivity contribution in [1.29, 1.82) is 0 Å². The van der Waals surface area contributed by atoms with Crippen molar-refractivity contribution in [2.24, 2.45) is 0 Å². The Labute approximate surface area is 149 Å². The van der Waals surface area contributed by atoms with Crippen molar-refractivity contribution in [2.45, 2.75) is 19.0 Å². The van der Waals surface area contributed by atoms with E-state index in [1.165, 1.54) is 31.2 Å². The molecule has 2 heterocycles. The second-order valence-electron chi connectivity index (χ2n) is 6.07. The van der Waals surface area contributed by atoms with Crippen LogP contribution in [-0.2, 0) is 21.2 Å². The summed E-state index contributed by atoms with van der Waals surface area (Å²) in [5.74, 6) is 0.399. The van der Waals surface area contributed by atoms with Crippen LogP contribution in [-0.4, -0.2) is 55.6 Å². The van der Waals surface area contributed by atoms with Gasteiger partial charge in [-0.15, -0.1) is 0 Å². The molecule has 1 aromatic heterocycles. The molecule has 26 heavy (non-hydrogen) atoms. The normalized spacial score (nSPS) is 18.6. The minimum Gasteiger partial charge on any atom is -0.493 e. The van der Waals surface area contributed by atoms with Gasteiger partial charge in [0.15, 0.2) is 21.3 Å². The van der Waals surface area contributed by atoms with E-state index in [0.717, 1.165) is 0 Å². The van der Waals surface area contributed by atoms with Gasteiger partial charge in [0, 0.05) is 12.1 Å².